The predicted octanol–water partition coefficient (Wildman–Crippen LogP) is 2.63. The van der Waals surface area contributed by atoms with Crippen LogP contribution in [0, 0.1) is 22.7 Å². The first-order valence-corrected chi connectivity index (χ1v) is 8.09. The van der Waals surface area contributed by atoms with Crippen LogP contribution in [0.1, 0.15) is 23.3 Å². The minimum absolute atomic E-state index is 0.236. The fourth-order valence-corrected chi connectivity index (χ4v) is 2.46. The number of hydrogen-bond donors (Lipinski definition) is 2. The van der Waals surface area contributed by atoms with Crippen molar-refractivity contribution < 1.29 is 23.1 Å². The van der Waals surface area contributed by atoms with Gasteiger partial charge in [-0.05, 0) is 17.2 Å². The van der Waals surface area contributed by atoms with Crippen LogP contribution in [0.5, 0.6) is 0 Å². The molecule has 0 unspecified atom stereocenters. The zero-order valence-electron chi connectivity index (χ0n) is 14.4. The fourth-order valence-electron chi connectivity index (χ4n) is 2.46. The van der Waals surface area contributed by atoms with E-state index in [0.717, 1.165) is 0 Å². The van der Waals surface area contributed by atoms with Crippen molar-refractivity contribution in [2.45, 2.75) is 24.5 Å². The van der Waals surface area contributed by atoms with Crippen molar-refractivity contribution in [2.24, 2.45) is 0 Å². The highest BCUT2D eigenvalue weighted by atomic mass is 19.3. The summed E-state index contributed by atoms with van der Waals surface area (Å²) in [5, 5.41) is 29.6. The third kappa shape index (κ3) is 4.84. The van der Waals surface area contributed by atoms with Gasteiger partial charge in [0.2, 0.25) is 0 Å². The van der Waals surface area contributed by atoms with Gasteiger partial charge in [0.05, 0.1) is 23.9 Å². The molecule has 0 saturated heterocycles. The van der Waals surface area contributed by atoms with E-state index < -0.39 is 37.1 Å². The largest absolute Gasteiger partial charge is 0.386 e. The van der Waals surface area contributed by atoms with Crippen molar-refractivity contribution in [2.75, 3.05) is 6.67 Å². The summed E-state index contributed by atoms with van der Waals surface area (Å²) in [5.74, 6) is -2.62. The van der Waals surface area contributed by atoms with E-state index in [1.807, 2.05) is 12.1 Å². The van der Waals surface area contributed by atoms with Crippen molar-refractivity contribution in [1.82, 2.24) is 10.3 Å². The minimum Gasteiger partial charge on any atom is -0.386 e. The van der Waals surface area contributed by atoms with Gasteiger partial charge in [-0.3, -0.25) is 9.78 Å². The van der Waals surface area contributed by atoms with E-state index in [2.05, 4.69) is 4.98 Å². The number of alkyl halides is 3. The van der Waals surface area contributed by atoms with E-state index in [1.165, 1.54) is 18.3 Å². The molecule has 1 aromatic heterocycles. The van der Waals surface area contributed by atoms with Gasteiger partial charge < -0.3 is 10.4 Å². The molecule has 0 bridgehead atoms. The summed E-state index contributed by atoms with van der Waals surface area (Å²) < 4.78 is 37.6. The molecule has 6 nitrogen and oxygen atoms in total. The Morgan fingerprint density at radius 1 is 1.11 bits per heavy atom. The van der Waals surface area contributed by atoms with Crippen molar-refractivity contribution in [3.8, 4) is 23.3 Å². The summed E-state index contributed by atoms with van der Waals surface area (Å²) in [6.07, 6.45) is -3.33. The number of rotatable bonds is 7. The van der Waals surface area contributed by atoms with Gasteiger partial charge in [-0.15, -0.1) is 0 Å². The van der Waals surface area contributed by atoms with E-state index >= 15 is 0 Å². The normalized spacial score (nSPS) is 12.9. The number of aliphatic hydroxyl groups is 1. The second-order valence-corrected chi connectivity index (χ2v) is 5.80. The van der Waals surface area contributed by atoms with E-state index in [-0.39, 0.29) is 5.56 Å². The van der Waals surface area contributed by atoms with Crippen LogP contribution in [-0.4, -0.2) is 35.1 Å². The molecule has 0 aliphatic rings. The van der Waals surface area contributed by atoms with E-state index in [1.54, 1.807) is 29.6 Å². The van der Waals surface area contributed by atoms with Crippen molar-refractivity contribution >= 4 is 5.91 Å². The molecule has 1 amide bonds. The van der Waals surface area contributed by atoms with Gasteiger partial charge in [-0.2, -0.15) is 19.3 Å². The molecule has 0 spiro atoms. The summed E-state index contributed by atoms with van der Waals surface area (Å²) in [4.78, 5) is 15.1. The lowest BCUT2D eigenvalue weighted by atomic mass is 9.99. The molecule has 0 saturated carbocycles. The summed E-state index contributed by atoms with van der Waals surface area (Å²) in [6.45, 7) is -1.22. The Morgan fingerprint density at radius 3 is 2.18 bits per heavy atom. The molecule has 2 aromatic rings. The number of benzene rings is 1. The highest BCUT2D eigenvalue weighted by Crippen LogP contribution is 2.24. The Bertz CT molecular complexity index is 875. The molecule has 2 rings (SSSR count). The smallest absolute Gasteiger partial charge is 0.315 e. The molecule has 28 heavy (non-hydrogen) atoms. The van der Waals surface area contributed by atoms with Crippen LogP contribution in [0.2, 0.25) is 0 Å². The average molecular weight is 388 g/mol. The summed E-state index contributed by atoms with van der Waals surface area (Å²) >= 11 is 0. The fraction of sp³-hybridized carbons (Fsp3) is 0.263. The zero-order valence-corrected chi connectivity index (χ0v) is 14.4. The topological polar surface area (TPSA) is 110 Å². The number of carbonyl (C=O) groups is 1. The molecule has 2 N–H and O–H groups in total. The first-order valence-electron chi connectivity index (χ1n) is 8.09. The van der Waals surface area contributed by atoms with Gasteiger partial charge in [-0.1, -0.05) is 30.3 Å². The monoisotopic (exact) mass is 388 g/mol. The number of halogens is 3. The van der Waals surface area contributed by atoms with Gasteiger partial charge in [0.25, 0.3) is 5.91 Å². The lowest BCUT2D eigenvalue weighted by Crippen LogP contribution is -2.43. The number of aromatic nitrogens is 1. The number of carbonyl (C=O) groups excluding carboxylic acids is 1. The highest BCUT2D eigenvalue weighted by molar-refractivity contribution is 5.79. The third-order valence-corrected chi connectivity index (χ3v) is 4.00. The Morgan fingerprint density at radius 2 is 1.71 bits per heavy atom. The van der Waals surface area contributed by atoms with Crippen LogP contribution < -0.4 is 5.32 Å². The number of hydrogen-bond acceptors (Lipinski definition) is 5. The van der Waals surface area contributed by atoms with Gasteiger partial charge in [-0.25, -0.2) is 4.39 Å². The first-order chi connectivity index (χ1) is 13.4. The predicted molar refractivity (Wildman–Crippen MR) is 92.5 cm³/mol. The number of aliphatic hydroxyl groups excluding tert-OH is 1. The molecule has 0 radical (unpaired) electrons. The van der Waals surface area contributed by atoms with Crippen LogP contribution in [0.3, 0.4) is 0 Å². The molecule has 0 aliphatic heterocycles. The Hall–Kier alpha value is -3.43. The standard InChI is InChI=1S/C19H15F3N4O2/c20-7-16(26-19(28)18(21)22)17(27)12-3-1-11(2-4-12)13-5-6-15(25-10-13)14(8-23)9-24/h1-6,10,14,16-18,27H,7H2,(H,26,28)/t16-,17+/m1/s1. The van der Waals surface area contributed by atoms with Gasteiger partial charge in [0, 0.05) is 11.8 Å². The number of pyridine rings is 1. The summed E-state index contributed by atoms with van der Waals surface area (Å²) in [7, 11) is 0. The number of nitrogens with one attached hydrogen (secondary N) is 1. The van der Waals surface area contributed by atoms with Crippen LogP contribution in [0.25, 0.3) is 11.1 Å². The molecule has 0 fully saturated rings. The number of amides is 1. The maximum atomic E-state index is 13.0. The van der Waals surface area contributed by atoms with Crippen LogP contribution in [-0.2, 0) is 4.79 Å². The van der Waals surface area contributed by atoms with E-state index in [4.69, 9.17) is 10.5 Å². The second kappa shape index (κ2) is 9.49. The second-order valence-electron chi connectivity index (χ2n) is 5.80. The maximum Gasteiger partial charge on any atom is 0.315 e. The van der Waals surface area contributed by atoms with Crippen molar-refractivity contribution in [3.05, 3.63) is 53.9 Å². The molecule has 2 atom stereocenters. The van der Waals surface area contributed by atoms with E-state index in [0.29, 0.717) is 16.8 Å². The number of nitrogens with zero attached hydrogens (tertiary/aromatic N) is 3. The first kappa shape index (κ1) is 20.9. The third-order valence-electron chi connectivity index (χ3n) is 4.00. The van der Waals surface area contributed by atoms with Crippen LogP contribution in [0.15, 0.2) is 42.6 Å². The zero-order chi connectivity index (χ0) is 20.7. The van der Waals surface area contributed by atoms with Crippen molar-refractivity contribution in [1.29, 1.82) is 10.5 Å². The highest BCUT2D eigenvalue weighted by Gasteiger charge is 2.26. The molecule has 1 heterocycles. The molecule has 9 heteroatoms. The molecule has 1 aromatic carbocycles. The number of nitriles is 2. The SMILES string of the molecule is N#CC(C#N)c1ccc(-c2ccc([C@H](O)[C@@H](CF)NC(=O)C(F)F)cc2)cn1. The average Bonchev–Trinajstić information content (AvgIpc) is 2.72. The molecular formula is C19H15F3N4O2. The van der Waals surface area contributed by atoms with Gasteiger partial charge in [0.1, 0.15) is 12.8 Å². The van der Waals surface area contributed by atoms with Crippen molar-refractivity contribution in [3.63, 3.8) is 0 Å². The minimum atomic E-state index is -3.30. The van der Waals surface area contributed by atoms with Crippen LogP contribution in [0.4, 0.5) is 13.2 Å². The Kier molecular flexibility index (Phi) is 7.08. The van der Waals surface area contributed by atoms with Gasteiger partial charge in [0.15, 0.2) is 5.92 Å². The Labute approximate surface area is 158 Å². The van der Waals surface area contributed by atoms with Gasteiger partial charge >= 0.3 is 6.43 Å². The lowest BCUT2D eigenvalue weighted by molar-refractivity contribution is -0.133. The summed E-state index contributed by atoms with van der Waals surface area (Å²) in [6, 6.07) is 11.5. The molecular weight excluding hydrogens is 373 g/mol. The lowest BCUT2D eigenvalue weighted by Gasteiger charge is -2.22. The maximum absolute atomic E-state index is 13.0. The quantitative estimate of drug-likeness (QED) is 0.758. The molecule has 0 aliphatic carbocycles. The summed E-state index contributed by atoms with van der Waals surface area (Å²) in [5.41, 5.74) is 1.92. The molecule has 144 valence electrons. The van der Waals surface area contributed by atoms with E-state index in [9.17, 15) is 23.1 Å². The Balaban J connectivity index is 2.15. The van der Waals surface area contributed by atoms with Crippen LogP contribution >= 0.6 is 0 Å².